The monoisotopic (exact) mass is 275 g/mol. The Morgan fingerprint density at radius 1 is 1.32 bits per heavy atom. The van der Waals surface area contributed by atoms with Crippen molar-refractivity contribution in [1.82, 2.24) is 5.32 Å². The fourth-order valence-corrected chi connectivity index (χ4v) is 2.53. The minimum atomic E-state index is -0.0241. The van der Waals surface area contributed by atoms with E-state index >= 15 is 0 Å². The minimum absolute atomic E-state index is 0.0241. The molecule has 0 saturated heterocycles. The molecule has 1 heterocycles. The van der Waals surface area contributed by atoms with Crippen molar-refractivity contribution in [2.45, 2.75) is 19.4 Å². The third kappa shape index (κ3) is 3.35. The first-order chi connectivity index (χ1) is 9.24. The number of thiophene rings is 1. The Hall–Kier alpha value is -1.81. The van der Waals surface area contributed by atoms with E-state index in [1.807, 2.05) is 41.1 Å². The Labute approximate surface area is 117 Å². The topological polar surface area (TPSA) is 38.3 Å². The molecular weight excluding hydrogens is 258 g/mol. The molecule has 1 amide bonds. The van der Waals surface area contributed by atoms with Crippen molar-refractivity contribution in [3.05, 3.63) is 52.2 Å². The second-order valence-electron chi connectivity index (χ2n) is 4.22. The van der Waals surface area contributed by atoms with Crippen LogP contribution in [-0.2, 0) is 0 Å². The zero-order valence-electron chi connectivity index (χ0n) is 11.1. The van der Waals surface area contributed by atoms with Crippen LogP contribution in [0.5, 0.6) is 5.75 Å². The lowest BCUT2D eigenvalue weighted by molar-refractivity contribution is 0.0936. The maximum absolute atomic E-state index is 12.0. The van der Waals surface area contributed by atoms with Crippen LogP contribution in [0, 0.1) is 0 Å². The molecule has 0 fully saturated rings. The van der Waals surface area contributed by atoms with Gasteiger partial charge in [0.1, 0.15) is 5.75 Å². The molecule has 3 nitrogen and oxygen atoms in total. The summed E-state index contributed by atoms with van der Waals surface area (Å²) in [6, 6.07) is 9.66. The van der Waals surface area contributed by atoms with Gasteiger partial charge in [0.25, 0.3) is 5.91 Å². The first-order valence-corrected chi connectivity index (χ1v) is 7.16. The van der Waals surface area contributed by atoms with Gasteiger partial charge in [0.2, 0.25) is 0 Å². The third-order valence-corrected chi connectivity index (χ3v) is 3.70. The number of hydrogen-bond donors (Lipinski definition) is 1. The van der Waals surface area contributed by atoms with E-state index in [4.69, 9.17) is 4.74 Å². The molecule has 4 heteroatoms. The van der Waals surface area contributed by atoms with Crippen molar-refractivity contribution in [2.75, 3.05) is 7.11 Å². The maximum atomic E-state index is 12.0. The van der Waals surface area contributed by atoms with Gasteiger partial charge in [-0.3, -0.25) is 4.79 Å². The summed E-state index contributed by atoms with van der Waals surface area (Å²) in [6.07, 6.45) is 0.849. The van der Waals surface area contributed by atoms with Crippen LogP contribution >= 0.6 is 11.3 Å². The molecule has 0 aliphatic rings. The van der Waals surface area contributed by atoms with E-state index in [2.05, 4.69) is 12.2 Å². The first kappa shape index (κ1) is 13.6. The van der Waals surface area contributed by atoms with Gasteiger partial charge in [0, 0.05) is 5.38 Å². The molecule has 2 rings (SSSR count). The van der Waals surface area contributed by atoms with Crippen molar-refractivity contribution in [3.63, 3.8) is 0 Å². The molecule has 0 radical (unpaired) electrons. The summed E-state index contributed by atoms with van der Waals surface area (Å²) in [6.45, 7) is 2.06. The van der Waals surface area contributed by atoms with Gasteiger partial charge in [-0.1, -0.05) is 19.1 Å². The molecule has 0 saturated carbocycles. The third-order valence-electron chi connectivity index (χ3n) is 3.02. The van der Waals surface area contributed by atoms with Crippen LogP contribution in [0.1, 0.15) is 35.3 Å². The van der Waals surface area contributed by atoms with Crippen molar-refractivity contribution >= 4 is 17.2 Å². The number of ether oxygens (including phenoxy) is 1. The Morgan fingerprint density at radius 2 is 2.05 bits per heavy atom. The van der Waals surface area contributed by atoms with Crippen molar-refractivity contribution in [3.8, 4) is 5.75 Å². The largest absolute Gasteiger partial charge is 0.497 e. The van der Waals surface area contributed by atoms with Crippen LogP contribution in [0.25, 0.3) is 0 Å². The average Bonchev–Trinajstić information content (AvgIpc) is 2.99. The Balaban J connectivity index is 2.09. The normalized spacial score (nSPS) is 11.9. The van der Waals surface area contributed by atoms with Gasteiger partial charge in [0.15, 0.2) is 0 Å². The second kappa shape index (κ2) is 6.38. The SMILES string of the molecule is CCC(NC(=O)c1ccsc1)c1ccc(OC)cc1. The number of carbonyl (C=O) groups is 1. The van der Waals surface area contributed by atoms with E-state index in [9.17, 15) is 4.79 Å². The predicted molar refractivity (Wildman–Crippen MR) is 77.8 cm³/mol. The first-order valence-electron chi connectivity index (χ1n) is 6.21. The molecule has 0 aliphatic heterocycles. The summed E-state index contributed by atoms with van der Waals surface area (Å²) in [5.41, 5.74) is 1.81. The lowest BCUT2D eigenvalue weighted by Gasteiger charge is -2.17. The highest BCUT2D eigenvalue weighted by Crippen LogP contribution is 2.20. The standard InChI is InChI=1S/C15H17NO2S/c1-3-14(11-4-6-13(18-2)7-5-11)16-15(17)12-8-9-19-10-12/h4-10,14H,3H2,1-2H3,(H,16,17). The van der Waals surface area contributed by atoms with Gasteiger partial charge in [-0.15, -0.1) is 0 Å². The van der Waals surface area contributed by atoms with Crippen LogP contribution in [0.4, 0.5) is 0 Å². The lowest BCUT2D eigenvalue weighted by atomic mass is 10.0. The molecule has 0 bridgehead atoms. The average molecular weight is 275 g/mol. The van der Waals surface area contributed by atoms with Crippen LogP contribution in [0.3, 0.4) is 0 Å². The molecule has 1 atom stereocenters. The maximum Gasteiger partial charge on any atom is 0.252 e. The highest BCUT2D eigenvalue weighted by Gasteiger charge is 2.14. The zero-order chi connectivity index (χ0) is 13.7. The van der Waals surface area contributed by atoms with Gasteiger partial charge < -0.3 is 10.1 Å². The van der Waals surface area contributed by atoms with E-state index in [1.165, 1.54) is 11.3 Å². The summed E-state index contributed by atoms with van der Waals surface area (Å²) in [5.74, 6) is 0.798. The fourth-order valence-electron chi connectivity index (χ4n) is 1.89. The van der Waals surface area contributed by atoms with Crippen LogP contribution in [-0.4, -0.2) is 13.0 Å². The fraction of sp³-hybridized carbons (Fsp3) is 0.267. The molecule has 0 aliphatic carbocycles. The molecule has 19 heavy (non-hydrogen) atoms. The predicted octanol–water partition coefficient (Wildman–Crippen LogP) is 3.64. The number of hydrogen-bond acceptors (Lipinski definition) is 3. The Kier molecular flexibility index (Phi) is 4.58. The quantitative estimate of drug-likeness (QED) is 0.904. The van der Waals surface area contributed by atoms with E-state index < -0.39 is 0 Å². The lowest BCUT2D eigenvalue weighted by Crippen LogP contribution is -2.27. The van der Waals surface area contributed by atoms with E-state index in [1.54, 1.807) is 7.11 Å². The molecule has 100 valence electrons. The Morgan fingerprint density at radius 3 is 2.58 bits per heavy atom. The van der Waals surface area contributed by atoms with Gasteiger partial charge in [-0.2, -0.15) is 11.3 Å². The van der Waals surface area contributed by atoms with E-state index in [0.29, 0.717) is 0 Å². The van der Waals surface area contributed by atoms with Crippen molar-refractivity contribution in [1.29, 1.82) is 0 Å². The van der Waals surface area contributed by atoms with Crippen LogP contribution in [0.2, 0.25) is 0 Å². The highest BCUT2D eigenvalue weighted by molar-refractivity contribution is 7.08. The molecule has 2 aromatic rings. The summed E-state index contributed by atoms with van der Waals surface area (Å²) >= 11 is 1.53. The minimum Gasteiger partial charge on any atom is -0.497 e. The highest BCUT2D eigenvalue weighted by atomic mass is 32.1. The molecule has 1 aromatic carbocycles. The van der Waals surface area contributed by atoms with Crippen molar-refractivity contribution < 1.29 is 9.53 Å². The molecule has 1 aromatic heterocycles. The number of carbonyl (C=O) groups excluding carboxylic acids is 1. The summed E-state index contributed by atoms with van der Waals surface area (Å²) < 4.78 is 5.14. The van der Waals surface area contributed by atoms with Crippen LogP contribution in [0.15, 0.2) is 41.1 Å². The number of rotatable bonds is 5. The molecular formula is C15H17NO2S. The van der Waals surface area contributed by atoms with Gasteiger partial charge in [-0.25, -0.2) is 0 Å². The van der Waals surface area contributed by atoms with E-state index in [-0.39, 0.29) is 11.9 Å². The number of amides is 1. The van der Waals surface area contributed by atoms with E-state index in [0.717, 1.165) is 23.3 Å². The van der Waals surface area contributed by atoms with Gasteiger partial charge >= 0.3 is 0 Å². The van der Waals surface area contributed by atoms with Gasteiger partial charge in [0.05, 0.1) is 18.7 Å². The summed E-state index contributed by atoms with van der Waals surface area (Å²) in [4.78, 5) is 12.0. The zero-order valence-corrected chi connectivity index (χ0v) is 11.9. The van der Waals surface area contributed by atoms with Gasteiger partial charge in [-0.05, 0) is 35.6 Å². The molecule has 1 unspecified atom stereocenters. The number of nitrogens with one attached hydrogen (secondary N) is 1. The summed E-state index contributed by atoms with van der Waals surface area (Å²) in [5, 5.41) is 6.81. The van der Waals surface area contributed by atoms with Crippen molar-refractivity contribution in [2.24, 2.45) is 0 Å². The molecule has 0 spiro atoms. The number of benzene rings is 1. The van der Waals surface area contributed by atoms with Crippen LogP contribution < -0.4 is 10.1 Å². The second-order valence-corrected chi connectivity index (χ2v) is 5.00. The molecule has 1 N–H and O–H groups in total. The smallest absolute Gasteiger partial charge is 0.252 e. The number of methoxy groups -OCH3 is 1. The summed E-state index contributed by atoms with van der Waals surface area (Å²) in [7, 11) is 1.64. The Bertz CT molecular complexity index is 520.